The number of hydrogen-bond acceptors (Lipinski definition) is 4. The predicted octanol–water partition coefficient (Wildman–Crippen LogP) is 1.62. The molecule has 0 unspecified atom stereocenters. The molecule has 0 aromatic heterocycles. The monoisotopic (exact) mass is 323 g/mol. The zero-order valence-electron chi connectivity index (χ0n) is 14.1. The third-order valence-electron chi connectivity index (χ3n) is 4.70. The molecule has 2 rings (SSSR count). The Morgan fingerprint density at radius 2 is 1.83 bits per heavy atom. The molecule has 2 aliphatic heterocycles. The smallest absolute Gasteiger partial charge is 0.317 e. The molecular formula is C17H29N3O3. The number of ether oxygens (including phenoxy) is 1. The van der Waals surface area contributed by atoms with E-state index in [0.29, 0.717) is 32.5 Å². The van der Waals surface area contributed by atoms with E-state index in [1.807, 2.05) is 17.9 Å². The van der Waals surface area contributed by atoms with Gasteiger partial charge in [0.05, 0.1) is 12.5 Å². The number of amides is 2. The molecule has 2 amide bonds. The highest BCUT2D eigenvalue weighted by molar-refractivity contribution is 5.76. The number of nitrogens with zero attached hydrogens (tertiary/aromatic N) is 2. The number of urea groups is 1. The Kier molecular flexibility index (Phi) is 6.89. The van der Waals surface area contributed by atoms with Crippen molar-refractivity contribution in [3.8, 4) is 0 Å². The highest BCUT2D eigenvalue weighted by Gasteiger charge is 2.29. The van der Waals surface area contributed by atoms with Crippen LogP contribution in [0.15, 0.2) is 12.7 Å². The zero-order valence-corrected chi connectivity index (χ0v) is 14.1. The summed E-state index contributed by atoms with van der Waals surface area (Å²) in [5.74, 6) is -0.178. The first-order valence-corrected chi connectivity index (χ1v) is 8.69. The minimum atomic E-state index is -0.123. The Hall–Kier alpha value is -1.56. The van der Waals surface area contributed by atoms with E-state index in [2.05, 4.69) is 16.8 Å². The summed E-state index contributed by atoms with van der Waals surface area (Å²) in [6.45, 7) is 10.2. The molecule has 0 saturated carbocycles. The molecule has 6 nitrogen and oxygen atoms in total. The fourth-order valence-corrected chi connectivity index (χ4v) is 3.29. The van der Waals surface area contributed by atoms with Gasteiger partial charge in [0, 0.05) is 38.8 Å². The second kappa shape index (κ2) is 8.91. The molecule has 2 saturated heterocycles. The summed E-state index contributed by atoms with van der Waals surface area (Å²) in [4.78, 5) is 28.2. The molecule has 0 aromatic rings. The van der Waals surface area contributed by atoms with Gasteiger partial charge in [-0.15, -0.1) is 6.58 Å². The van der Waals surface area contributed by atoms with E-state index in [9.17, 15) is 9.59 Å². The van der Waals surface area contributed by atoms with Crippen LogP contribution in [0.5, 0.6) is 0 Å². The van der Waals surface area contributed by atoms with E-state index < -0.39 is 0 Å². The van der Waals surface area contributed by atoms with Gasteiger partial charge in [-0.05, 0) is 32.6 Å². The van der Waals surface area contributed by atoms with Gasteiger partial charge in [-0.1, -0.05) is 6.08 Å². The molecule has 0 spiro atoms. The van der Waals surface area contributed by atoms with Gasteiger partial charge in [0.2, 0.25) is 0 Å². The topological polar surface area (TPSA) is 61.9 Å². The standard InChI is InChI=1S/C17H29N3O3/c1-3-9-19-10-7-15(8-11-19)18-17(22)20-12-5-14(6-13-20)16(21)23-4-2/h3,14-15H,1,4-13H2,2H3,(H,18,22). The van der Waals surface area contributed by atoms with Crippen molar-refractivity contribution in [2.45, 2.75) is 38.6 Å². The average molecular weight is 323 g/mol. The van der Waals surface area contributed by atoms with Gasteiger partial charge < -0.3 is 15.0 Å². The molecule has 0 radical (unpaired) electrons. The van der Waals surface area contributed by atoms with Crippen LogP contribution in [0.25, 0.3) is 0 Å². The van der Waals surface area contributed by atoms with Crippen LogP contribution >= 0.6 is 0 Å². The fraction of sp³-hybridized carbons (Fsp3) is 0.765. The third-order valence-corrected chi connectivity index (χ3v) is 4.70. The zero-order chi connectivity index (χ0) is 16.7. The van der Waals surface area contributed by atoms with Gasteiger partial charge in [0.25, 0.3) is 0 Å². The Morgan fingerprint density at radius 3 is 2.39 bits per heavy atom. The van der Waals surface area contributed by atoms with Gasteiger partial charge in [-0.2, -0.15) is 0 Å². The van der Waals surface area contributed by atoms with E-state index in [0.717, 1.165) is 32.5 Å². The lowest BCUT2D eigenvalue weighted by atomic mass is 9.97. The minimum Gasteiger partial charge on any atom is -0.466 e. The minimum absolute atomic E-state index is 0.00878. The molecule has 0 aliphatic carbocycles. The number of hydrogen-bond donors (Lipinski definition) is 1. The highest BCUT2D eigenvalue weighted by atomic mass is 16.5. The van der Waals surface area contributed by atoms with Gasteiger partial charge in [0.1, 0.15) is 0 Å². The molecule has 0 bridgehead atoms. The summed E-state index contributed by atoms with van der Waals surface area (Å²) < 4.78 is 5.06. The maximum atomic E-state index is 12.3. The van der Waals surface area contributed by atoms with Crippen LogP contribution < -0.4 is 5.32 Å². The summed E-state index contributed by atoms with van der Waals surface area (Å²) in [5, 5.41) is 3.14. The SMILES string of the molecule is C=CCN1CCC(NC(=O)N2CCC(C(=O)OCC)CC2)CC1. The predicted molar refractivity (Wildman–Crippen MR) is 89.1 cm³/mol. The van der Waals surface area contributed by atoms with Crippen LogP contribution in [0.4, 0.5) is 4.79 Å². The van der Waals surface area contributed by atoms with Crippen LogP contribution in [0.3, 0.4) is 0 Å². The largest absolute Gasteiger partial charge is 0.466 e. The highest BCUT2D eigenvalue weighted by Crippen LogP contribution is 2.19. The van der Waals surface area contributed by atoms with E-state index in [-0.39, 0.29) is 24.0 Å². The molecule has 2 heterocycles. The molecule has 2 aliphatic rings. The van der Waals surface area contributed by atoms with Crippen molar-refractivity contribution in [1.82, 2.24) is 15.1 Å². The Morgan fingerprint density at radius 1 is 1.17 bits per heavy atom. The van der Waals surface area contributed by atoms with Gasteiger partial charge in [-0.3, -0.25) is 9.69 Å². The van der Waals surface area contributed by atoms with Crippen molar-refractivity contribution in [3.05, 3.63) is 12.7 Å². The normalized spacial score (nSPS) is 21.0. The lowest BCUT2D eigenvalue weighted by molar-refractivity contribution is -0.149. The quantitative estimate of drug-likeness (QED) is 0.617. The molecule has 23 heavy (non-hydrogen) atoms. The number of esters is 1. The Balaban J connectivity index is 1.69. The lowest BCUT2D eigenvalue weighted by Crippen LogP contribution is -2.51. The Labute approximate surface area is 138 Å². The van der Waals surface area contributed by atoms with Crippen molar-refractivity contribution in [2.75, 3.05) is 39.3 Å². The second-order valence-electron chi connectivity index (χ2n) is 6.33. The van der Waals surface area contributed by atoms with E-state index in [1.54, 1.807) is 0 Å². The number of carbonyl (C=O) groups excluding carboxylic acids is 2. The maximum absolute atomic E-state index is 12.3. The molecule has 0 atom stereocenters. The number of piperidine rings is 2. The summed E-state index contributed by atoms with van der Waals surface area (Å²) in [6, 6.07) is 0.265. The molecular weight excluding hydrogens is 294 g/mol. The molecule has 6 heteroatoms. The van der Waals surface area contributed by atoms with Gasteiger partial charge in [0.15, 0.2) is 0 Å². The summed E-state index contributed by atoms with van der Waals surface area (Å²) in [6.07, 6.45) is 5.29. The number of rotatable bonds is 5. The number of likely N-dealkylation sites (tertiary alicyclic amines) is 2. The van der Waals surface area contributed by atoms with Crippen LogP contribution in [0.1, 0.15) is 32.6 Å². The van der Waals surface area contributed by atoms with E-state index >= 15 is 0 Å². The molecule has 2 fully saturated rings. The third kappa shape index (κ3) is 5.23. The van der Waals surface area contributed by atoms with Crippen molar-refractivity contribution in [1.29, 1.82) is 0 Å². The Bertz CT molecular complexity index is 411. The van der Waals surface area contributed by atoms with Crippen molar-refractivity contribution in [2.24, 2.45) is 5.92 Å². The summed E-state index contributed by atoms with van der Waals surface area (Å²) in [5.41, 5.74) is 0. The van der Waals surface area contributed by atoms with Crippen LogP contribution in [-0.2, 0) is 9.53 Å². The van der Waals surface area contributed by atoms with Crippen molar-refractivity contribution in [3.63, 3.8) is 0 Å². The average Bonchev–Trinajstić information content (AvgIpc) is 2.57. The van der Waals surface area contributed by atoms with Crippen LogP contribution in [0.2, 0.25) is 0 Å². The fourth-order valence-electron chi connectivity index (χ4n) is 3.29. The number of carbonyl (C=O) groups is 2. The first-order chi connectivity index (χ1) is 11.1. The first kappa shape index (κ1) is 17.8. The molecule has 130 valence electrons. The molecule has 1 N–H and O–H groups in total. The molecule has 0 aromatic carbocycles. The summed E-state index contributed by atoms with van der Waals surface area (Å²) in [7, 11) is 0. The van der Waals surface area contributed by atoms with Gasteiger partial charge >= 0.3 is 12.0 Å². The van der Waals surface area contributed by atoms with Crippen LogP contribution in [0, 0.1) is 5.92 Å². The first-order valence-electron chi connectivity index (χ1n) is 8.69. The van der Waals surface area contributed by atoms with Gasteiger partial charge in [-0.25, -0.2) is 4.79 Å². The van der Waals surface area contributed by atoms with E-state index in [4.69, 9.17) is 4.74 Å². The van der Waals surface area contributed by atoms with Crippen molar-refractivity contribution >= 4 is 12.0 Å². The summed E-state index contributed by atoms with van der Waals surface area (Å²) >= 11 is 0. The second-order valence-corrected chi connectivity index (χ2v) is 6.33. The maximum Gasteiger partial charge on any atom is 0.317 e. The van der Waals surface area contributed by atoms with Crippen molar-refractivity contribution < 1.29 is 14.3 Å². The lowest BCUT2D eigenvalue weighted by Gasteiger charge is -2.35. The van der Waals surface area contributed by atoms with E-state index in [1.165, 1.54) is 0 Å². The van der Waals surface area contributed by atoms with Crippen LogP contribution in [-0.4, -0.2) is 67.2 Å². The number of nitrogens with one attached hydrogen (secondary N) is 1.